The monoisotopic (exact) mass is 510 g/mol. The van der Waals surface area contributed by atoms with E-state index in [-0.39, 0.29) is 17.7 Å². The highest BCUT2D eigenvalue weighted by Gasteiger charge is 2.38. The molecule has 0 saturated heterocycles. The van der Waals surface area contributed by atoms with E-state index < -0.39 is 35.0 Å². The second-order valence-electron chi connectivity index (χ2n) is 7.50. The van der Waals surface area contributed by atoms with Crippen LogP contribution >= 0.6 is 11.3 Å². The molecule has 0 unspecified atom stereocenters. The average Bonchev–Trinajstić information content (AvgIpc) is 3.24. The summed E-state index contributed by atoms with van der Waals surface area (Å²) in [5.41, 5.74) is -2.77. The standard InChI is InChI=1S/C24H16F6N2O2S/c1-34-18-7-8-19-20(12-18)35-22(31-19)32(13-14-5-3-2-4-6-14)21(33)15-9-16(23(25,26)27)11-17(10-15)24(28,29)30/h2-12H,13H2,1H3. The Kier molecular flexibility index (Phi) is 6.46. The summed E-state index contributed by atoms with van der Waals surface area (Å²) in [6.45, 7) is -0.117. The van der Waals surface area contributed by atoms with Gasteiger partial charge in [0, 0.05) is 5.56 Å². The average molecular weight is 510 g/mol. The highest BCUT2D eigenvalue weighted by Crippen LogP contribution is 2.38. The SMILES string of the molecule is COc1ccc2nc(N(Cc3ccccc3)C(=O)c3cc(C(F)(F)F)cc(C(F)(F)F)c3)sc2c1. The van der Waals surface area contributed by atoms with Gasteiger partial charge in [0.25, 0.3) is 5.91 Å². The van der Waals surface area contributed by atoms with Crippen LogP contribution in [0.4, 0.5) is 31.5 Å². The van der Waals surface area contributed by atoms with E-state index in [2.05, 4.69) is 4.98 Å². The van der Waals surface area contributed by atoms with Crippen molar-refractivity contribution in [2.75, 3.05) is 12.0 Å². The van der Waals surface area contributed by atoms with Crippen LogP contribution in [0.3, 0.4) is 0 Å². The number of alkyl halides is 6. The highest BCUT2D eigenvalue weighted by molar-refractivity contribution is 7.22. The Morgan fingerprint density at radius 3 is 2.11 bits per heavy atom. The predicted molar refractivity (Wildman–Crippen MR) is 120 cm³/mol. The van der Waals surface area contributed by atoms with Gasteiger partial charge in [-0.3, -0.25) is 9.69 Å². The molecular formula is C24H16F6N2O2S. The lowest BCUT2D eigenvalue weighted by molar-refractivity contribution is -0.143. The summed E-state index contributed by atoms with van der Waals surface area (Å²) in [5, 5.41) is 0.119. The van der Waals surface area contributed by atoms with E-state index in [9.17, 15) is 31.1 Å². The topological polar surface area (TPSA) is 42.4 Å². The van der Waals surface area contributed by atoms with Gasteiger partial charge in [0.05, 0.1) is 35.0 Å². The summed E-state index contributed by atoms with van der Waals surface area (Å²) in [5.74, 6) is -0.516. The first-order valence-corrected chi connectivity index (χ1v) is 10.9. The third kappa shape index (κ3) is 5.40. The van der Waals surface area contributed by atoms with E-state index in [1.54, 1.807) is 48.5 Å². The van der Waals surface area contributed by atoms with Crippen LogP contribution in [0.15, 0.2) is 66.7 Å². The predicted octanol–water partition coefficient (Wildman–Crippen LogP) is 7.19. The van der Waals surface area contributed by atoms with Crippen LogP contribution in [0.1, 0.15) is 27.0 Å². The third-order valence-corrected chi connectivity index (χ3v) is 6.12. The Bertz CT molecular complexity index is 1330. The maximum absolute atomic E-state index is 13.4. The first-order chi connectivity index (χ1) is 16.5. The van der Waals surface area contributed by atoms with Crippen molar-refractivity contribution in [2.24, 2.45) is 0 Å². The van der Waals surface area contributed by atoms with Gasteiger partial charge in [0.2, 0.25) is 0 Å². The molecule has 0 atom stereocenters. The molecule has 11 heteroatoms. The molecule has 1 aromatic heterocycles. The number of anilines is 1. The first-order valence-electron chi connectivity index (χ1n) is 10.1. The van der Waals surface area contributed by atoms with Crippen molar-refractivity contribution in [1.82, 2.24) is 4.98 Å². The van der Waals surface area contributed by atoms with Crippen LogP contribution in [0, 0.1) is 0 Å². The zero-order chi connectivity index (χ0) is 25.4. The lowest BCUT2D eigenvalue weighted by Gasteiger charge is -2.21. The minimum atomic E-state index is -5.08. The lowest BCUT2D eigenvalue weighted by atomic mass is 10.0. The van der Waals surface area contributed by atoms with E-state index in [0.717, 1.165) is 16.2 Å². The van der Waals surface area contributed by atoms with Gasteiger partial charge in [0.15, 0.2) is 5.13 Å². The Labute approximate surface area is 199 Å². The van der Waals surface area contributed by atoms with Crippen molar-refractivity contribution in [2.45, 2.75) is 18.9 Å². The van der Waals surface area contributed by atoms with Crippen molar-refractivity contribution in [3.8, 4) is 5.75 Å². The second-order valence-corrected chi connectivity index (χ2v) is 8.51. The Morgan fingerprint density at radius 2 is 1.54 bits per heavy atom. The number of halogens is 6. The van der Waals surface area contributed by atoms with Crippen LogP contribution in [0.5, 0.6) is 5.75 Å². The molecule has 35 heavy (non-hydrogen) atoms. The van der Waals surface area contributed by atoms with Crippen molar-refractivity contribution >= 4 is 32.6 Å². The van der Waals surface area contributed by atoms with Crippen LogP contribution in [0.2, 0.25) is 0 Å². The van der Waals surface area contributed by atoms with Crippen LogP contribution in [0.25, 0.3) is 10.2 Å². The van der Waals surface area contributed by atoms with E-state index in [0.29, 0.717) is 33.7 Å². The molecule has 0 aliphatic rings. The number of hydrogen-bond acceptors (Lipinski definition) is 4. The number of aromatic nitrogens is 1. The maximum Gasteiger partial charge on any atom is 0.416 e. The molecule has 0 aliphatic carbocycles. The van der Waals surface area contributed by atoms with E-state index in [1.807, 2.05) is 0 Å². The van der Waals surface area contributed by atoms with Crippen molar-refractivity contribution < 1.29 is 35.9 Å². The number of methoxy groups -OCH3 is 1. The molecular weight excluding hydrogens is 494 g/mol. The smallest absolute Gasteiger partial charge is 0.416 e. The number of benzene rings is 3. The Balaban J connectivity index is 1.84. The summed E-state index contributed by atoms with van der Waals surface area (Å²) >= 11 is 1.07. The number of carbonyl (C=O) groups excluding carboxylic acids is 1. The summed E-state index contributed by atoms with van der Waals surface area (Å²) in [7, 11) is 1.47. The minimum Gasteiger partial charge on any atom is -0.497 e. The Morgan fingerprint density at radius 1 is 0.914 bits per heavy atom. The molecule has 0 radical (unpaired) electrons. The zero-order valence-electron chi connectivity index (χ0n) is 17.9. The van der Waals surface area contributed by atoms with Crippen molar-refractivity contribution in [3.05, 3.63) is 89.0 Å². The third-order valence-electron chi connectivity index (χ3n) is 5.08. The maximum atomic E-state index is 13.4. The molecule has 4 aromatic rings. The fraction of sp³-hybridized carbons (Fsp3) is 0.167. The molecule has 0 bridgehead atoms. The number of fused-ring (bicyclic) bond motifs is 1. The highest BCUT2D eigenvalue weighted by atomic mass is 32.1. The number of thiazole rings is 1. The summed E-state index contributed by atoms with van der Waals surface area (Å²) in [6, 6.07) is 14.3. The normalized spacial score (nSPS) is 12.1. The fourth-order valence-electron chi connectivity index (χ4n) is 3.36. The first kappa shape index (κ1) is 24.5. The molecule has 182 valence electrons. The summed E-state index contributed by atoms with van der Waals surface area (Å²) in [6.07, 6.45) is -10.2. The number of ether oxygens (including phenoxy) is 1. The molecule has 0 saturated carbocycles. The van der Waals surface area contributed by atoms with Gasteiger partial charge < -0.3 is 4.74 Å². The summed E-state index contributed by atoms with van der Waals surface area (Å²) in [4.78, 5) is 18.9. The molecule has 4 nitrogen and oxygen atoms in total. The van der Waals surface area contributed by atoms with Gasteiger partial charge in [-0.1, -0.05) is 41.7 Å². The molecule has 3 aromatic carbocycles. The second kappa shape index (κ2) is 9.21. The molecule has 0 spiro atoms. The molecule has 0 fully saturated rings. The molecule has 0 aliphatic heterocycles. The van der Waals surface area contributed by atoms with E-state index in [1.165, 1.54) is 7.11 Å². The molecule has 0 N–H and O–H groups in total. The number of amides is 1. The van der Waals surface area contributed by atoms with Gasteiger partial charge in [-0.25, -0.2) is 4.98 Å². The molecule has 1 heterocycles. The van der Waals surface area contributed by atoms with Gasteiger partial charge >= 0.3 is 12.4 Å². The zero-order valence-corrected chi connectivity index (χ0v) is 18.8. The number of nitrogens with zero attached hydrogens (tertiary/aromatic N) is 2. The van der Waals surface area contributed by atoms with Gasteiger partial charge in [-0.05, 0) is 42.0 Å². The Hall–Kier alpha value is -3.60. The van der Waals surface area contributed by atoms with Gasteiger partial charge in [-0.15, -0.1) is 0 Å². The van der Waals surface area contributed by atoms with Crippen LogP contribution in [-0.2, 0) is 18.9 Å². The lowest BCUT2D eigenvalue weighted by Crippen LogP contribution is -2.31. The van der Waals surface area contributed by atoms with Crippen molar-refractivity contribution in [3.63, 3.8) is 0 Å². The number of rotatable bonds is 5. The van der Waals surface area contributed by atoms with Gasteiger partial charge in [0.1, 0.15) is 5.75 Å². The molecule has 4 rings (SSSR count). The van der Waals surface area contributed by atoms with Crippen LogP contribution in [-0.4, -0.2) is 18.0 Å². The minimum absolute atomic E-state index is 0.0116. The van der Waals surface area contributed by atoms with E-state index in [4.69, 9.17) is 4.74 Å². The summed E-state index contributed by atoms with van der Waals surface area (Å²) < 4.78 is 86.0. The number of carbonyl (C=O) groups is 1. The molecule has 1 amide bonds. The largest absolute Gasteiger partial charge is 0.497 e. The van der Waals surface area contributed by atoms with E-state index >= 15 is 0 Å². The number of hydrogen-bond donors (Lipinski definition) is 0. The quantitative estimate of drug-likeness (QED) is 0.267. The fourth-order valence-corrected chi connectivity index (χ4v) is 4.35. The van der Waals surface area contributed by atoms with Crippen molar-refractivity contribution in [1.29, 1.82) is 0 Å². The van der Waals surface area contributed by atoms with Crippen LogP contribution < -0.4 is 9.64 Å². The van der Waals surface area contributed by atoms with Gasteiger partial charge in [-0.2, -0.15) is 26.3 Å².